The van der Waals surface area contributed by atoms with Gasteiger partial charge in [-0.05, 0) is 92.4 Å². The fourth-order valence-electron chi connectivity index (χ4n) is 7.45. The van der Waals surface area contributed by atoms with E-state index in [4.69, 9.17) is 10.2 Å². The van der Waals surface area contributed by atoms with Crippen LogP contribution in [0.2, 0.25) is 0 Å². The molecule has 30 heavy (non-hydrogen) atoms. The van der Waals surface area contributed by atoms with E-state index in [9.17, 15) is 9.50 Å². The van der Waals surface area contributed by atoms with Crippen LogP contribution >= 0.6 is 0 Å². The third-order valence-corrected chi connectivity index (χ3v) is 9.16. The van der Waals surface area contributed by atoms with E-state index in [1.165, 1.54) is 24.1 Å². The predicted octanol–water partition coefficient (Wildman–Crippen LogP) is 4.74. The van der Waals surface area contributed by atoms with Gasteiger partial charge in [0.25, 0.3) is 0 Å². The largest absolute Gasteiger partial charge is 0.393 e. The van der Waals surface area contributed by atoms with E-state index in [0.717, 1.165) is 55.6 Å². The van der Waals surface area contributed by atoms with Crippen molar-refractivity contribution in [1.29, 1.82) is 0 Å². The van der Waals surface area contributed by atoms with Crippen LogP contribution in [0.3, 0.4) is 0 Å². The molecule has 158 valence electrons. The highest BCUT2D eigenvalue weighted by atomic mass is 19.1. The Labute approximate surface area is 177 Å². The van der Waals surface area contributed by atoms with Crippen molar-refractivity contribution < 1.29 is 9.50 Å². The molecule has 2 aromatic rings. The fourth-order valence-corrected chi connectivity index (χ4v) is 7.45. The lowest BCUT2D eigenvalue weighted by Gasteiger charge is -2.57. The van der Waals surface area contributed by atoms with Gasteiger partial charge in [-0.1, -0.05) is 25.5 Å². The Kier molecular flexibility index (Phi) is 3.91. The fraction of sp³-hybridized carbons (Fsp3) is 0.600. The minimum absolute atomic E-state index is 0.0741. The summed E-state index contributed by atoms with van der Waals surface area (Å²) in [5, 5.41) is 20.0. The van der Waals surface area contributed by atoms with Gasteiger partial charge in [0.2, 0.25) is 0 Å². The van der Waals surface area contributed by atoms with Crippen LogP contribution < -0.4 is 0 Å². The van der Waals surface area contributed by atoms with Crippen LogP contribution in [0.4, 0.5) is 4.39 Å². The lowest BCUT2D eigenvalue weighted by atomic mass is 9.48. The van der Waals surface area contributed by atoms with E-state index in [1.54, 1.807) is 16.9 Å². The van der Waals surface area contributed by atoms with Crippen molar-refractivity contribution in [3.63, 3.8) is 0 Å². The van der Waals surface area contributed by atoms with E-state index in [1.807, 2.05) is 0 Å². The second kappa shape index (κ2) is 6.25. The first-order valence-electron chi connectivity index (χ1n) is 11.5. The molecule has 1 heterocycles. The zero-order chi connectivity index (χ0) is 20.7. The molecular weight excluding hydrogens is 377 g/mol. The van der Waals surface area contributed by atoms with Crippen molar-refractivity contribution in [3.05, 3.63) is 53.1 Å². The Morgan fingerprint density at radius 3 is 2.57 bits per heavy atom. The zero-order valence-electron chi connectivity index (χ0n) is 17.8. The first-order valence-corrected chi connectivity index (χ1v) is 11.5. The van der Waals surface area contributed by atoms with Crippen LogP contribution in [0, 0.1) is 29.0 Å². The van der Waals surface area contributed by atoms with Crippen molar-refractivity contribution in [3.8, 4) is 5.69 Å². The van der Waals surface area contributed by atoms with Crippen LogP contribution in [-0.4, -0.2) is 26.2 Å². The Balaban J connectivity index is 1.33. The number of nitrogens with zero attached hydrogens (tertiary/aromatic N) is 3. The molecule has 2 unspecified atom stereocenters. The molecular formula is C25H30FN3O. The van der Waals surface area contributed by atoms with Gasteiger partial charge in [0.05, 0.1) is 23.2 Å². The van der Waals surface area contributed by atoms with Gasteiger partial charge in [-0.2, -0.15) is 15.0 Å². The lowest BCUT2D eigenvalue weighted by molar-refractivity contribution is -0.0175. The topological polar surface area (TPSA) is 50.9 Å². The quantitative estimate of drug-likeness (QED) is 0.695. The first kappa shape index (κ1) is 18.7. The van der Waals surface area contributed by atoms with Crippen LogP contribution in [0.5, 0.6) is 0 Å². The maximum absolute atomic E-state index is 13.3. The van der Waals surface area contributed by atoms with Crippen molar-refractivity contribution >= 4 is 0 Å². The molecule has 1 aromatic carbocycles. The van der Waals surface area contributed by atoms with Crippen LogP contribution in [0.1, 0.15) is 63.8 Å². The molecule has 4 aliphatic carbocycles. The number of halogens is 1. The minimum atomic E-state index is -0.239. The van der Waals surface area contributed by atoms with E-state index < -0.39 is 0 Å². The summed E-state index contributed by atoms with van der Waals surface area (Å²) in [6, 6.07) is 6.42. The normalized spacial score (nSPS) is 39.5. The van der Waals surface area contributed by atoms with Gasteiger partial charge >= 0.3 is 0 Å². The molecule has 2 fully saturated rings. The molecule has 0 radical (unpaired) electrons. The van der Waals surface area contributed by atoms with E-state index in [-0.39, 0.29) is 22.8 Å². The van der Waals surface area contributed by atoms with E-state index in [0.29, 0.717) is 17.8 Å². The average Bonchev–Trinajstić information content (AvgIpc) is 3.26. The SMILES string of the molecule is C[C@]12CC[C@H](O)CC1=CC[C@@H]1C2CC[C@]2(C)c3nn(-c4ccc(F)cc4)nc3CC12. The number of aromatic nitrogens is 3. The summed E-state index contributed by atoms with van der Waals surface area (Å²) in [7, 11) is 0. The third-order valence-electron chi connectivity index (χ3n) is 9.16. The van der Waals surface area contributed by atoms with Gasteiger partial charge in [0.1, 0.15) is 5.82 Å². The molecule has 4 nitrogen and oxygen atoms in total. The summed E-state index contributed by atoms with van der Waals surface area (Å²) < 4.78 is 13.3. The number of aliphatic hydroxyl groups excluding tert-OH is 1. The van der Waals surface area contributed by atoms with Gasteiger partial charge < -0.3 is 5.11 Å². The Morgan fingerprint density at radius 2 is 1.77 bits per heavy atom. The molecule has 2 saturated carbocycles. The van der Waals surface area contributed by atoms with E-state index >= 15 is 0 Å². The smallest absolute Gasteiger partial charge is 0.123 e. The number of fused-ring (bicyclic) bond motifs is 7. The van der Waals surface area contributed by atoms with E-state index in [2.05, 4.69) is 19.9 Å². The standard InChI is InChI=1S/C25H30FN3O/c1-24-11-9-18(30)13-15(24)3-8-19-20(24)10-12-25(2)21(19)14-22-23(25)28-29(27-22)17-6-4-16(26)5-7-17/h3-7,18-21,30H,8-14H2,1-2H3/t18-,19+,20?,21?,24-,25-/m0/s1. The molecule has 0 aliphatic heterocycles. The monoisotopic (exact) mass is 407 g/mol. The molecule has 6 rings (SSSR count). The molecule has 0 amide bonds. The van der Waals surface area contributed by atoms with Gasteiger partial charge in [-0.15, -0.1) is 0 Å². The van der Waals surface area contributed by atoms with Gasteiger partial charge in [0, 0.05) is 5.41 Å². The Bertz CT molecular complexity index is 1030. The Hall–Kier alpha value is -2.01. The highest BCUT2D eigenvalue weighted by molar-refractivity contribution is 5.37. The minimum Gasteiger partial charge on any atom is -0.393 e. The van der Waals surface area contributed by atoms with Crippen LogP contribution in [0.15, 0.2) is 35.9 Å². The molecule has 0 bridgehead atoms. The number of hydrogen-bond donors (Lipinski definition) is 1. The van der Waals surface area contributed by atoms with Gasteiger partial charge in [-0.25, -0.2) is 4.39 Å². The zero-order valence-corrected chi connectivity index (χ0v) is 17.8. The number of aliphatic hydroxyl groups is 1. The van der Waals surface area contributed by atoms with Crippen LogP contribution in [-0.2, 0) is 11.8 Å². The summed E-state index contributed by atoms with van der Waals surface area (Å²) in [6.45, 7) is 4.86. The van der Waals surface area contributed by atoms with Crippen LogP contribution in [0.25, 0.3) is 5.69 Å². The van der Waals surface area contributed by atoms with Gasteiger partial charge in [-0.3, -0.25) is 0 Å². The molecule has 0 saturated heterocycles. The van der Waals surface area contributed by atoms with Crippen molar-refractivity contribution in [2.75, 3.05) is 0 Å². The molecule has 4 aliphatic rings. The number of hydrogen-bond acceptors (Lipinski definition) is 3. The summed E-state index contributed by atoms with van der Waals surface area (Å²) in [4.78, 5) is 1.69. The number of rotatable bonds is 1. The lowest BCUT2D eigenvalue weighted by Crippen LogP contribution is -2.51. The highest BCUT2D eigenvalue weighted by Gasteiger charge is 2.58. The maximum Gasteiger partial charge on any atom is 0.123 e. The molecule has 1 N–H and O–H groups in total. The molecule has 1 aromatic heterocycles. The van der Waals surface area contributed by atoms with Crippen molar-refractivity contribution in [1.82, 2.24) is 15.0 Å². The predicted molar refractivity (Wildman–Crippen MR) is 113 cm³/mol. The number of allylic oxidation sites excluding steroid dienone is 1. The molecule has 5 heteroatoms. The maximum atomic E-state index is 13.3. The van der Waals surface area contributed by atoms with Gasteiger partial charge in [0.15, 0.2) is 0 Å². The third kappa shape index (κ3) is 2.47. The van der Waals surface area contributed by atoms with Crippen molar-refractivity contribution in [2.24, 2.45) is 23.2 Å². The summed E-state index contributed by atoms with van der Waals surface area (Å²) in [5.41, 5.74) is 4.95. The number of benzene rings is 1. The molecule has 0 spiro atoms. The first-order chi connectivity index (χ1) is 14.4. The van der Waals surface area contributed by atoms with Crippen molar-refractivity contribution in [2.45, 2.75) is 70.3 Å². The summed E-state index contributed by atoms with van der Waals surface area (Å²) in [6.07, 6.45) is 9.74. The average molecular weight is 408 g/mol. The molecule has 6 atom stereocenters. The highest BCUT2D eigenvalue weighted by Crippen LogP contribution is 2.63. The Morgan fingerprint density at radius 1 is 1.00 bits per heavy atom. The second-order valence-electron chi connectivity index (χ2n) is 10.6. The second-order valence-corrected chi connectivity index (χ2v) is 10.6. The summed E-state index contributed by atoms with van der Waals surface area (Å²) >= 11 is 0. The summed E-state index contributed by atoms with van der Waals surface area (Å²) in [5.74, 6) is 1.72.